The molecule has 4 aromatic carbocycles. The number of aliphatic imine (C=N–C) groups is 2. The first-order valence-corrected chi connectivity index (χ1v) is 27.9. The van der Waals surface area contributed by atoms with Gasteiger partial charge in [-0.1, -0.05) is 51.5 Å². The molecule has 6 amide bonds. The van der Waals surface area contributed by atoms with Gasteiger partial charge in [-0.05, 0) is 96.7 Å². The summed E-state index contributed by atoms with van der Waals surface area (Å²) in [5.74, 6) is -0.160. The van der Waals surface area contributed by atoms with E-state index in [9.17, 15) is 33.6 Å². The second-order valence-corrected chi connectivity index (χ2v) is 21.3. The molecule has 0 unspecified atom stereocenters. The maximum Gasteiger partial charge on any atom is 0.260 e. The van der Waals surface area contributed by atoms with Crippen molar-refractivity contribution >= 4 is 81.9 Å². The molecule has 5 aliphatic heterocycles. The summed E-state index contributed by atoms with van der Waals surface area (Å²) in [4.78, 5) is 105. The Morgan fingerprint density at radius 2 is 1.13 bits per heavy atom. The summed E-state index contributed by atoms with van der Waals surface area (Å²) in [6.07, 6.45) is 15.1. The number of imide groups is 1. The maximum absolute atomic E-state index is 14.1. The molecule has 4 aromatic rings. The third-order valence-corrected chi connectivity index (χ3v) is 15.2. The molecule has 0 saturated heterocycles. The highest BCUT2D eigenvalue weighted by molar-refractivity contribution is 6.13. The Morgan fingerprint density at radius 1 is 0.622 bits per heavy atom. The molecule has 0 fully saturated rings. The van der Waals surface area contributed by atoms with E-state index in [2.05, 4.69) is 10.6 Å². The van der Waals surface area contributed by atoms with Crippen LogP contribution in [0.1, 0.15) is 117 Å². The highest BCUT2D eigenvalue weighted by atomic mass is 16.5. The molecule has 82 heavy (non-hydrogen) atoms. The quantitative estimate of drug-likeness (QED) is 0.0443. The van der Waals surface area contributed by atoms with Gasteiger partial charge in [0, 0.05) is 92.9 Å². The van der Waals surface area contributed by atoms with Crippen molar-refractivity contribution < 1.29 is 57.2 Å². The smallest absolute Gasteiger partial charge is 0.260 e. The molecule has 0 aromatic heterocycles. The number of ether oxygens (including phenoxy) is 5. The number of amides is 6. The van der Waals surface area contributed by atoms with Crippen molar-refractivity contribution in [3.8, 4) is 28.7 Å². The number of fused-ring (bicyclic) bond motifs is 4. The van der Waals surface area contributed by atoms with Crippen molar-refractivity contribution in [2.45, 2.75) is 103 Å². The molecular weight excluding hydrogens is 1050 g/mol. The molecule has 0 radical (unpaired) electrons. The number of nitrogens with zero attached hydrogens (tertiary/aromatic N) is 5. The second-order valence-electron chi connectivity index (χ2n) is 21.3. The number of unbranched alkanes of at least 4 members (excludes halogenated alkanes) is 4. The van der Waals surface area contributed by atoms with Gasteiger partial charge in [0.15, 0.2) is 28.8 Å². The van der Waals surface area contributed by atoms with E-state index in [-0.39, 0.29) is 72.1 Å². The van der Waals surface area contributed by atoms with Crippen molar-refractivity contribution in [1.82, 2.24) is 20.0 Å². The lowest BCUT2D eigenvalue weighted by Crippen LogP contribution is -2.45. The van der Waals surface area contributed by atoms with Gasteiger partial charge >= 0.3 is 0 Å². The number of hydrogen-bond acceptors (Lipinski definition) is 14. The largest absolute Gasteiger partial charge is 0.497 e. The summed E-state index contributed by atoms with van der Waals surface area (Å²) in [7, 11) is 4.71. The molecular formula is C63H69N7O12. The number of ketones is 1. The van der Waals surface area contributed by atoms with Crippen molar-refractivity contribution in [3.05, 3.63) is 120 Å². The molecule has 0 saturated carbocycles. The first-order chi connectivity index (χ1) is 39.6. The van der Waals surface area contributed by atoms with Gasteiger partial charge in [-0.3, -0.25) is 48.4 Å². The lowest BCUT2D eigenvalue weighted by Gasteiger charge is -2.23. The summed E-state index contributed by atoms with van der Waals surface area (Å²) in [5, 5.41) is 5.75. The molecule has 0 bridgehead atoms. The highest BCUT2D eigenvalue weighted by Crippen LogP contribution is 2.42. The Labute approximate surface area is 477 Å². The molecule has 2 N–H and O–H groups in total. The molecule has 19 heteroatoms. The number of hydrogen-bond donors (Lipinski definition) is 2. The van der Waals surface area contributed by atoms with Crippen LogP contribution < -0.4 is 34.3 Å². The summed E-state index contributed by atoms with van der Waals surface area (Å²) in [6.45, 7) is 6.44. The Morgan fingerprint density at radius 3 is 1.63 bits per heavy atom. The number of Topliss-reactive ketones (excluding diaryl/α,β-unsaturated/α-hetero) is 1. The SMILES string of the molecule is COc1ccc(C2=CN3C(=O)c4cc(OC)c(OCCCCCOc5cc6c(cc5OC)C(=O)N5C=C(c7ccc(NC(=O)[C@H](C)CC(=O)[C@@H](NC(=O)CCCCCN8C(=O)C=CC8=O)C(C)C)cc7)C[C@H]5C=N6)cc4N=C[C@@H]3C2)cc1. The third kappa shape index (κ3) is 13.3. The van der Waals surface area contributed by atoms with E-state index in [4.69, 9.17) is 33.7 Å². The summed E-state index contributed by atoms with van der Waals surface area (Å²) in [5.41, 5.74) is 6.20. The molecule has 0 aliphatic carbocycles. The molecule has 9 rings (SSSR count). The van der Waals surface area contributed by atoms with E-state index in [0.717, 1.165) is 40.9 Å². The van der Waals surface area contributed by atoms with Crippen LogP contribution in [0.2, 0.25) is 0 Å². The average Bonchev–Trinajstić information content (AvgIpc) is 4.27. The normalized spacial score (nSPS) is 17.5. The van der Waals surface area contributed by atoms with Crippen LogP contribution in [0, 0.1) is 11.8 Å². The van der Waals surface area contributed by atoms with Crippen molar-refractivity contribution in [2.75, 3.05) is 46.4 Å². The number of carbonyl (C=O) groups is 7. The fourth-order valence-electron chi connectivity index (χ4n) is 10.5. The summed E-state index contributed by atoms with van der Waals surface area (Å²) < 4.78 is 29.0. The zero-order chi connectivity index (χ0) is 58.0. The average molecular weight is 1120 g/mol. The number of rotatable bonds is 26. The van der Waals surface area contributed by atoms with Gasteiger partial charge in [0.2, 0.25) is 11.8 Å². The van der Waals surface area contributed by atoms with Gasteiger partial charge in [-0.15, -0.1) is 0 Å². The first kappa shape index (κ1) is 57.8. The maximum atomic E-state index is 14.1. The zero-order valence-electron chi connectivity index (χ0n) is 47.1. The van der Waals surface area contributed by atoms with E-state index in [1.165, 1.54) is 24.2 Å². The van der Waals surface area contributed by atoms with E-state index >= 15 is 0 Å². The lowest BCUT2D eigenvalue weighted by molar-refractivity contribution is -0.137. The number of anilines is 1. The Kier molecular flexibility index (Phi) is 18.4. The van der Waals surface area contributed by atoms with E-state index < -0.39 is 12.0 Å². The topological polar surface area (TPSA) is 224 Å². The van der Waals surface area contributed by atoms with Crippen LogP contribution in [0.5, 0.6) is 28.7 Å². The molecule has 428 valence electrons. The first-order valence-electron chi connectivity index (χ1n) is 27.9. The molecule has 0 spiro atoms. The minimum Gasteiger partial charge on any atom is -0.497 e. The second kappa shape index (κ2) is 26.2. The fraction of sp³-hybridized carbons (Fsp3) is 0.381. The molecule has 5 heterocycles. The van der Waals surface area contributed by atoms with Crippen molar-refractivity contribution in [3.63, 3.8) is 0 Å². The van der Waals surface area contributed by atoms with Crippen LogP contribution in [-0.4, -0.2) is 128 Å². The molecule has 19 nitrogen and oxygen atoms in total. The van der Waals surface area contributed by atoms with Gasteiger partial charge in [0.25, 0.3) is 23.6 Å². The van der Waals surface area contributed by atoms with Gasteiger partial charge in [0.1, 0.15) is 5.75 Å². The number of carbonyl (C=O) groups excluding carboxylic acids is 7. The predicted octanol–water partition coefficient (Wildman–Crippen LogP) is 9.44. The van der Waals surface area contributed by atoms with Crippen LogP contribution in [0.15, 0.2) is 107 Å². The van der Waals surface area contributed by atoms with Crippen LogP contribution in [0.25, 0.3) is 11.1 Å². The van der Waals surface area contributed by atoms with Gasteiger partial charge in [-0.2, -0.15) is 0 Å². The van der Waals surface area contributed by atoms with Crippen LogP contribution >= 0.6 is 0 Å². The van der Waals surface area contributed by atoms with E-state index in [1.54, 1.807) is 73.6 Å². The monoisotopic (exact) mass is 1120 g/mol. The number of nitrogens with one attached hydrogen (secondary N) is 2. The minimum absolute atomic E-state index is 0.0642. The highest BCUT2D eigenvalue weighted by Gasteiger charge is 2.36. The predicted molar refractivity (Wildman–Crippen MR) is 310 cm³/mol. The Bertz CT molecular complexity index is 3250. The van der Waals surface area contributed by atoms with Crippen molar-refractivity contribution in [1.29, 1.82) is 0 Å². The summed E-state index contributed by atoms with van der Waals surface area (Å²) in [6, 6.07) is 20.6. The number of benzene rings is 4. The van der Waals surface area contributed by atoms with Crippen LogP contribution in [0.4, 0.5) is 17.1 Å². The van der Waals surface area contributed by atoms with Crippen LogP contribution in [0.3, 0.4) is 0 Å². The minimum atomic E-state index is -0.756. The third-order valence-electron chi connectivity index (χ3n) is 15.2. The lowest BCUT2D eigenvalue weighted by atomic mass is 9.92. The fourth-order valence-corrected chi connectivity index (χ4v) is 10.5. The zero-order valence-corrected chi connectivity index (χ0v) is 47.1. The van der Waals surface area contributed by atoms with Gasteiger partial charge < -0.3 is 44.1 Å². The van der Waals surface area contributed by atoms with E-state index in [0.29, 0.717) is 109 Å². The molecule has 5 aliphatic rings. The number of methoxy groups -OCH3 is 3. The van der Waals surface area contributed by atoms with Crippen molar-refractivity contribution in [2.24, 2.45) is 21.8 Å². The van der Waals surface area contributed by atoms with Gasteiger partial charge in [-0.25, -0.2) is 0 Å². The Balaban J connectivity index is 0.713. The molecule has 4 atom stereocenters. The Hall–Kier alpha value is -8.87. The van der Waals surface area contributed by atoms with Gasteiger partial charge in [0.05, 0.1) is 75.2 Å². The standard InChI is InChI=1S/C63H69N7O12/c1-38(2)60(67-57(72)13-9-7-10-24-68-58(73)22-23-59(68)74)52(71)27-39(3)61(75)66-44-18-14-40(15-19-44)42-28-45-34-64-50-32-55(53(79-5)30-48(50)62(76)69(45)36-42)81-25-11-8-12-26-82-56-33-51-49(31-54(56)80-6)63(77)70-37-43(29-46(70)35-65-51)41-16-20-47(78-4)21-17-41/h14-23,30-39,45-46,60H,7-13,24-29H2,1-6H3,(H,66,75)(H,67,72)/t39-,45+,46+,60+/m1/s1. The van der Waals surface area contributed by atoms with Crippen LogP contribution in [-0.2, 0) is 24.0 Å². The van der Waals surface area contributed by atoms with E-state index in [1.807, 2.05) is 68.9 Å². The summed E-state index contributed by atoms with van der Waals surface area (Å²) >= 11 is 0.